The fourth-order valence-electron chi connectivity index (χ4n) is 1.65. The highest BCUT2D eigenvalue weighted by atomic mass is 16.4. The van der Waals surface area contributed by atoms with Gasteiger partial charge in [0.1, 0.15) is 17.9 Å². The normalized spacial score (nSPS) is 10.8. The Labute approximate surface area is 97.5 Å². The van der Waals surface area contributed by atoms with Gasteiger partial charge in [-0.15, -0.1) is 0 Å². The average Bonchev–Trinajstić information content (AvgIpc) is 2.52. The molecule has 0 amide bonds. The maximum absolute atomic E-state index is 10.4. The number of aryl methyl sites for hydroxylation is 3. The smallest absolute Gasteiger partial charge is 0.322 e. The zero-order valence-electron chi connectivity index (χ0n) is 9.85. The number of anilines is 1. The zero-order chi connectivity index (χ0) is 12.6. The van der Waals surface area contributed by atoms with Crippen LogP contribution < -0.4 is 5.32 Å². The molecule has 0 unspecified atom stereocenters. The van der Waals surface area contributed by atoms with E-state index in [0.29, 0.717) is 5.65 Å². The van der Waals surface area contributed by atoms with Gasteiger partial charge in [-0.2, -0.15) is 4.98 Å². The monoisotopic (exact) mass is 235 g/mol. The summed E-state index contributed by atoms with van der Waals surface area (Å²) >= 11 is 0. The number of carbonyl (C=O) groups is 1. The van der Waals surface area contributed by atoms with Gasteiger partial charge in [-0.25, -0.2) is 9.97 Å². The number of fused-ring (bicyclic) bond motifs is 1. The first-order valence-corrected chi connectivity index (χ1v) is 5.12. The van der Waals surface area contributed by atoms with Gasteiger partial charge in [0, 0.05) is 7.05 Å². The molecule has 7 heteroatoms. The summed E-state index contributed by atoms with van der Waals surface area (Å²) in [6.45, 7) is 3.51. The fourth-order valence-corrected chi connectivity index (χ4v) is 1.65. The minimum atomic E-state index is -0.955. The lowest BCUT2D eigenvalue weighted by molar-refractivity contribution is -0.134. The summed E-state index contributed by atoms with van der Waals surface area (Å²) in [7, 11) is 1.89. The molecule has 0 aromatic carbocycles. The number of nitrogens with one attached hydrogen (secondary N) is 1. The highest BCUT2D eigenvalue weighted by Crippen LogP contribution is 2.17. The van der Waals surface area contributed by atoms with E-state index in [0.717, 1.165) is 17.0 Å². The number of hydrogen-bond acceptors (Lipinski definition) is 5. The molecule has 0 aliphatic rings. The SMILES string of the molecule is Cc1nc(NCC(=O)O)nc2nc(C)n(C)c12. The second kappa shape index (κ2) is 4.00. The number of carboxylic acids is 1. The van der Waals surface area contributed by atoms with E-state index in [-0.39, 0.29) is 12.5 Å². The summed E-state index contributed by atoms with van der Waals surface area (Å²) in [5, 5.41) is 11.2. The van der Waals surface area contributed by atoms with E-state index in [9.17, 15) is 4.79 Å². The standard InChI is InChI=1S/C10H13N5O2/c1-5-8-9(13-6(2)15(8)3)14-10(12-5)11-4-7(16)17/h4H2,1-3H3,(H,16,17)(H,11,12,14). The molecular weight excluding hydrogens is 222 g/mol. The molecule has 0 saturated carbocycles. The van der Waals surface area contributed by atoms with Crippen LogP contribution in [-0.4, -0.2) is 37.1 Å². The van der Waals surface area contributed by atoms with Crippen LogP contribution in [-0.2, 0) is 11.8 Å². The van der Waals surface area contributed by atoms with E-state index in [4.69, 9.17) is 5.11 Å². The van der Waals surface area contributed by atoms with E-state index in [1.54, 1.807) is 0 Å². The summed E-state index contributed by atoms with van der Waals surface area (Å²) in [5.74, 6) is 0.173. The van der Waals surface area contributed by atoms with Crippen LogP contribution in [0.25, 0.3) is 11.2 Å². The van der Waals surface area contributed by atoms with Crippen LogP contribution in [0.1, 0.15) is 11.5 Å². The number of rotatable bonds is 3. The quantitative estimate of drug-likeness (QED) is 0.803. The molecule has 0 aliphatic carbocycles. The van der Waals surface area contributed by atoms with Gasteiger partial charge in [0.15, 0.2) is 5.65 Å². The van der Waals surface area contributed by atoms with Crippen molar-refractivity contribution in [1.82, 2.24) is 19.5 Å². The van der Waals surface area contributed by atoms with Gasteiger partial charge < -0.3 is 15.0 Å². The molecule has 2 aromatic rings. The highest BCUT2D eigenvalue weighted by Gasteiger charge is 2.11. The summed E-state index contributed by atoms with van der Waals surface area (Å²) in [5.41, 5.74) is 2.21. The molecule has 2 rings (SSSR count). The third-order valence-corrected chi connectivity index (χ3v) is 2.53. The van der Waals surface area contributed by atoms with Crippen LogP contribution in [0.4, 0.5) is 5.95 Å². The van der Waals surface area contributed by atoms with Crippen LogP contribution in [0.2, 0.25) is 0 Å². The first-order valence-electron chi connectivity index (χ1n) is 5.12. The van der Waals surface area contributed by atoms with Gasteiger partial charge in [0.2, 0.25) is 5.95 Å². The van der Waals surface area contributed by atoms with Gasteiger partial charge in [-0.1, -0.05) is 0 Å². The Morgan fingerprint density at radius 3 is 2.71 bits per heavy atom. The Bertz CT molecular complexity index is 590. The van der Waals surface area contributed by atoms with Gasteiger partial charge in [0.25, 0.3) is 0 Å². The van der Waals surface area contributed by atoms with Crippen molar-refractivity contribution in [2.45, 2.75) is 13.8 Å². The molecule has 0 fully saturated rings. The van der Waals surface area contributed by atoms with Crippen LogP contribution >= 0.6 is 0 Å². The number of nitrogens with zero attached hydrogens (tertiary/aromatic N) is 4. The maximum Gasteiger partial charge on any atom is 0.322 e. The van der Waals surface area contributed by atoms with Crippen LogP contribution in [0, 0.1) is 13.8 Å². The summed E-state index contributed by atoms with van der Waals surface area (Å²) < 4.78 is 1.91. The number of carboxylic acid groups (broad SMARTS) is 1. The van der Waals surface area contributed by atoms with Crippen molar-refractivity contribution >= 4 is 23.1 Å². The highest BCUT2D eigenvalue weighted by molar-refractivity contribution is 5.76. The van der Waals surface area contributed by atoms with Crippen molar-refractivity contribution in [1.29, 1.82) is 0 Å². The maximum atomic E-state index is 10.4. The van der Waals surface area contributed by atoms with Crippen molar-refractivity contribution in [3.05, 3.63) is 11.5 Å². The minimum absolute atomic E-state index is 0.212. The summed E-state index contributed by atoms with van der Waals surface area (Å²) in [4.78, 5) is 23.1. The van der Waals surface area contributed by atoms with Crippen molar-refractivity contribution in [2.75, 3.05) is 11.9 Å². The van der Waals surface area contributed by atoms with Crippen LogP contribution in [0.5, 0.6) is 0 Å². The van der Waals surface area contributed by atoms with E-state index in [1.165, 1.54) is 0 Å². The summed E-state index contributed by atoms with van der Waals surface area (Å²) in [6, 6.07) is 0. The first-order chi connectivity index (χ1) is 7.99. The summed E-state index contributed by atoms with van der Waals surface area (Å²) in [6.07, 6.45) is 0. The average molecular weight is 235 g/mol. The minimum Gasteiger partial charge on any atom is -0.480 e. The Hall–Kier alpha value is -2.18. The van der Waals surface area contributed by atoms with E-state index in [2.05, 4.69) is 20.3 Å². The van der Waals surface area contributed by atoms with Gasteiger partial charge in [0.05, 0.1) is 5.69 Å². The number of imidazole rings is 1. The molecule has 0 spiro atoms. The third-order valence-electron chi connectivity index (χ3n) is 2.53. The molecule has 90 valence electrons. The second-order valence-electron chi connectivity index (χ2n) is 3.77. The molecule has 2 aromatic heterocycles. The molecule has 0 saturated heterocycles. The van der Waals surface area contributed by atoms with Crippen LogP contribution in [0.3, 0.4) is 0 Å². The van der Waals surface area contributed by atoms with Gasteiger partial charge in [-0.3, -0.25) is 4.79 Å². The molecule has 0 radical (unpaired) electrons. The van der Waals surface area contributed by atoms with E-state index < -0.39 is 5.97 Å². The lowest BCUT2D eigenvalue weighted by atomic mass is 10.4. The topological polar surface area (TPSA) is 92.9 Å². The molecule has 2 heterocycles. The van der Waals surface area contributed by atoms with E-state index in [1.807, 2.05) is 25.5 Å². The van der Waals surface area contributed by atoms with E-state index >= 15 is 0 Å². The van der Waals surface area contributed by atoms with Crippen LogP contribution in [0.15, 0.2) is 0 Å². The fraction of sp³-hybridized carbons (Fsp3) is 0.400. The molecule has 2 N–H and O–H groups in total. The molecule has 7 nitrogen and oxygen atoms in total. The molecular formula is C10H13N5O2. The van der Waals surface area contributed by atoms with Crippen molar-refractivity contribution in [2.24, 2.45) is 7.05 Å². The number of hydrogen-bond donors (Lipinski definition) is 2. The zero-order valence-corrected chi connectivity index (χ0v) is 9.85. The Balaban J connectivity index is 2.45. The predicted octanol–water partition coefficient (Wildman–Crippen LogP) is 0.477. The van der Waals surface area contributed by atoms with Crippen molar-refractivity contribution < 1.29 is 9.90 Å². The second-order valence-corrected chi connectivity index (χ2v) is 3.77. The lowest BCUT2D eigenvalue weighted by Gasteiger charge is -2.04. The van der Waals surface area contributed by atoms with Crippen molar-refractivity contribution in [3.8, 4) is 0 Å². The molecule has 0 aliphatic heterocycles. The first kappa shape index (κ1) is 11.3. The Morgan fingerprint density at radius 2 is 2.06 bits per heavy atom. The van der Waals surface area contributed by atoms with Crippen molar-refractivity contribution in [3.63, 3.8) is 0 Å². The Morgan fingerprint density at radius 1 is 1.35 bits per heavy atom. The molecule has 0 bridgehead atoms. The Kier molecular flexibility index (Phi) is 2.66. The number of aliphatic carboxylic acids is 1. The lowest BCUT2D eigenvalue weighted by Crippen LogP contribution is -2.14. The molecule has 0 atom stereocenters. The molecule has 17 heavy (non-hydrogen) atoms. The predicted molar refractivity (Wildman–Crippen MR) is 61.9 cm³/mol. The third kappa shape index (κ3) is 2.03. The van der Waals surface area contributed by atoms with Gasteiger partial charge >= 0.3 is 5.97 Å². The van der Waals surface area contributed by atoms with Gasteiger partial charge in [-0.05, 0) is 13.8 Å². The number of aromatic nitrogens is 4. The largest absolute Gasteiger partial charge is 0.480 e.